The fourth-order valence-corrected chi connectivity index (χ4v) is 1.01. The number of nitrogens with two attached hydrogens (primary N) is 1. The molecule has 0 unspecified atom stereocenters. The van der Waals surface area contributed by atoms with Crippen molar-refractivity contribution in [1.82, 2.24) is 4.53 Å². The molecule has 0 aliphatic heterocycles. The smallest absolute Gasteiger partial charge is 0.0544 e. The number of hydrogen-bond donors (Lipinski definition) is 1. The Morgan fingerprint density at radius 1 is 1.36 bits per heavy atom. The summed E-state index contributed by atoms with van der Waals surface area (Å²) in [7, 11) is 0. The van der Waals surface area contributed by atoms with Crippen LogP contribution in [-0.4, -0.2) is 4.53 Å². The number of hydrogen-bond acceptors (Lipinski definition) is 2. The van der Waals surface area contributed by atoms with E-state index in [0.29, 0.717) is 6.54 Å². The third kappa shape index (κ3) is 2.89. The standard InChI is InChI=1S/C8H11ClN2/c1-7-2-4-8(5-3-7)6-11(9)10/h2-5H,6,10H2,1H3. The molecule has 0 heterocycles. The van der Waals surface area contributed by atoms with Gasteiger partial charge in [0.2, 0.25) is 0 Å². The lowest BCUT2D eigenvalue weighted by atomic mass is 10.1. The van der Waals surface area contributed by atoms with Gasteiger partial charge in [-0.25, -0.2) is 0 Å². The quantitative estimate of drug-likeness (QED) is 0.417. The predicted molar refractivity (Wildman–Crippen MR) is 46.8 cm³/mol. The molecule has 1 aromatic carbocycles. The molecule has 2 nitrogen and oxygen atoms in total. The van der Waals surface area contributed by atoms with Crippen LogP contribution in [0.5, 0.6) is 0 Å². The van der Waals surface area contributed by atoms with E-state index in [9.17, 15) is 0 Å². The summed E-state index contributed by atoms with van der Waals surface area (Å²) in [5, 5.41) is 0. The van der Waals surface area contributed by atoms with Crippen molar-refractivity contribution in [3.05, 3.63) is 35.4 Å². The van der Waals surface area contributed by atoms with Crippen LogP contribution < -0.4 is 5.84 Å². The van der Waals surface area contributed by atoms with E-state index in [0.717, 1.165) is 10.1 Å². The van der Waals surface area contributed by atoms with Crippen molar-refractivity contribution in [1.29, 1.82) is 0 Å². The first-order valence-corrected chi connectivity index (χ1v) is 3.76. The molecule has 3 heteroatoms. The van der Waals surface area contributed by atoms with Gasteiger partial charge in [0.15, 0.2) is 0 Å². The molecule has 60 valence electrons. The zero-order valence-corrected chi connectivity index (χ0v) is 7.17. The average Bonchev–Trinajstić information content (AvgIpc) is 1.93. The Bertz CT molecular complexity index is 218. The van der Waals surface area contributed by atoms with Crippen LogP contribution in [0.2, 0.25) is 0 Å². The van der Waals surface area contributed by atoms with Crippen molar-refractivity contribution >= 4 is 11.8 Å². The Morgan fingerprint density at radius 3 is 2.36 bits per heavy atom. The number of hydrazine groups is 1. The molecule has 1 aromatic rings. The minimum Gasteiger partial charge on any atom is -0.254 e. The van der Waals surface area contributed by atoms with E-state index in [4.69, 9.17) is 17.6 Å². The fraction of sp³-hybridized carbons (Fsp3) is 0.250. The number of benzene rings is 1. The second-order valence-electron chi connectivity index (χ2n) is 2.54. The lowest BCUT2D eigenvalue weighted by Gasteiger charge is -2.05. The third-order valence-electron chi connectivity index (χ3n) is 1.45. The summed E-state index contributed by atoms with van der Waals surface area (Å²) in [4.78, 5) is 0. The van der Waals surface area contributed by atoms with Crippen molar-refractivity contribution in [3.63, 3.8) is 0 Å². The van der Waals surface area contributed by atoms with E-state index in [1.807, 2.05) is 31.2 Å². The van der Waals surface area contributed by atoms with Crippen molar-refractivity contribution < 1.29 is 0 Å². The van der Waals surface area contributed by atoms with Crippen LogP contribution in [0.15, 0.2) is 24.3 Å². The van der Waals surface area contributed by atoms with E-state index in [-0.39, 0.29) is 0 Å². The number of rotatable bonds is 2. The van der Waals surface area contributed by atoms with E-state index < -0.39 is 0 Å². The lowest BCUT2D eigenvalue weighted by molar-refractivity contribution is 0.476. The SMILES string of the molecule is Cc1ccc(CN(N)Cl)cc1. The molecule has 2 N–H and O–H groups in total. The zero-order chi connectivity index (χ0) is 8.27. The molecule has 0 aliphatic rings. The molecule has 0 saturated carbocycles. The Balaban J connectivity index is 2.66. The van der Waals surface area contributed by atoms with Crippen molar-refractivity contribution in [3.8, 4) is 0 Å². The summed E-state index contributed by atoms with van der Waals surface area (Å²) in [5.74, 6) is 5.26. The molecule has 0 spiro atoms. The van der Waals surface area contributed by atoms with Crippen molar-refractivity contribution in [2.24, 2.45) is 5.84 Å². The van der Waals surface area contributed by atoms with Gasteiger partial charge in [0.05, 0.1) is 6.54 Å². The predicted octanol–water partition coefficient (Wildman–Crippen LogP) is 1.82. The van der Waals surface area contributed by atoms with Crippen LogP contribution in [0, 0.1) is 6.92 Å². The molecule has 0 amide bonds. The number of nitrogens with zero attached hydrogens (tertiary/aromatic N) is 1. The summed E-state index contributed by atoms with van der Waals surface area (Å²) in [6.45, 7) is 2.62. The molecule has 0 bridgehead atoms. The number of aryl methyl sites for hydroxylation is 1. The normalized spacial score (nSPS) is 10.5. The van der Waals surface area contributed by atoms with Crippen LogP contribution >= 0.6 is 11.8 Å². The maximum Gasteiger partial charge on any atom is 0.0544 e. The van der Waals surface area contributed by atoms with Gasteiger partial charge in [-0.3, -0.25) is 5.84 Å². The van der Waals surface area contributed by atoms with Gasteiger partial charge in [-0.05, 0) is 24.3 Å². The summed E-state index contributed by atoms with van der Waals surface area (Å²) in [6.07, 6.45) is 0. The topological polar surface area (TPSA) is 29.3 Å². The highest BCUT2D eigenvalue weighted by Crippen LogP contribution is 2.05. The first-order chi connectivity index (χ1) is 5.18. The molecule has 0 aliphatic carbocycles. The van der Waals surface area contributed by atoms with E-state index in [1.54, 1.807) is 0 Å². The van der Waals surface area contributed by atoms with Crippen molar-refractivity contribution in [2.75, 3.05) is 0 Å². The first kappa shape index (κ1) is 8.53. The molecule has 0 atom stereocenters. The minimum absolute atomic E-state index is 0.571. The van der Waals surface area contributed by atoms with Crippen LogP contribution in [0.3, 0.4) is 0 Å². The van der Waals surface area contributed by atoms with Gasteiger partial charge in [0.1, 0.15) is 0 Å². The third-order valence-corrected chi connectivity index (χ3v) is 1.57. The molecule has 11 heavy (non-hydrogen) atoms. The molecule has 0 fully saturated rings. The highest BCUT2D eigenvalue weighted by atomic mass is 35.5. The zero-order valence-electron chi connectivity index (χ0n) is 6.42. The Hall–Kier alpha value is -0.570. The molecule has 0 aromatic heterocycles. The van der Waals surface area contributed by atoms with Crippen molar-refractivity contribution in [2.45, 2.75) is 13.5 Å². The van der Waals surface area contributed by atoms with E-state index in [1.165, 1.54) is 5.56 Å². The van der Waals surface area contributed by atoms with Crippen LogP contribution in [0.25, 0.3) is 0 Å². The summed E-state index contributed by atoms with van der Waals surface area (Å²) in [6, 6.07) is 8.10. The lowest BCUT2D eigenvalue weighted by Crippen LogP contribution is -2.18. The highest BCUT2D eigenvalue weighted by Gasteiger charge is 1.94. The summed E-state index contributed by atoms with van der Waals surface area (Å²) in [5.41, 5.74) is 2.36. The van der Waals surface area contributed by atoms with Gasteiger partial charge in [0.25, 0.3) is 0 Å². The summed E-state index contributed by atoms with van der Waals surface area (Å²) < 4.78 is 1.14. The van der Waals surface area contributed by atoms with Crippen LogP contribution in [0.4, 0.5) is 0 Å². The van der Waals surface area contributed by atoms with Gasteiger partial charge < -0.3 is 0 Å². The molecular formula is C8H11ClN2. The van der Waals surface area contributed by atoms with Gasteiger partial charge in [0, 0.05) is 0 Å². The second-order valence-corrected chi connectivity index (χ2v) is 2.98. The van der Waals surface area contributed by atoms with Gasteiger partial charge in [-0.1, -0.05) is 29.8 Å². The van der Waals surface area contributed by atoms with E-state index in [2.05, 4.69) is 0 Å². The molecule has 0 saturated heterocycles. The number of halogens is 1. The van der Waals surface area contributed by atoms with Gasteiger partial charge >= 0.3 is 0 Å². The fourth-order valence-electron chi connectivity index (χ4n) is 0.868. The Kier molecular flexibility index (Phi) is 2.88. The Labute approximate surface area is 71.6 Å². The van der Waals surface area contributed by atoms with E-state index >= 15 is 0 Å². The molecule has 1 rings (SSSR count). The summed E-state index contributed by atoms with van der Waals surface area (Å²) >= 11 is 5.46. The highest BCUT2D eigenvalue weighted by molar-refractivity contribution is 6.12. The second kappa shape index (κ2) is 3.72. The molecular weight excluding hydrogens is 160 g/mol. The minimum atomic E-state index is 0.571. The maximum atomic E-state index is 5.46. The van der Waals surface area contributed by atoms with Crippen LogP contribution in [-0.2, 0) is 6.54 Å². The Morgan fingerprint density at radius 2 is 1.91 bits per heavy atom. The largest absolute Gasteiger partial charge is 0.254 e. The van der Waals surface area contributed by atoms with Gasteiger partial charge in [-0.2, -0.15) is 4.53 Å². The monoisotopic (exact) mass is 170 g/mol. The first-order valence-electron chi connectivity index (χ1n) is 3.42. The molecule has 0 radical (unpaired) electrons. The maximum absolute atomic E-state index is 5.46. The van der Waals surface area contributed by atoms with Gasteiger partial charge in [-0.15, -0.1) is 0 Å². The van der Waals surface area contributed by atoms with Crippen LogP contribution in [0.1, 0.15) is 11.1 Å². The average molecular weight is 171 g/mol.